The number of halogens is 3. The van der Waals surface area contributed by atoms with Crippen LogP contribution < -0.4 is 5.32 Å². The molecule has 6 heteroatoms. The summed E-state index contributed by atoms with van der Waals surface area (Å²) in [6, 6.07) is 1.73. The van der Waals surface area contributed by atoms with Gasteiger partial charge < -0.3 is 10.2 Å². The third-order valence-corrected chi connectivity index (χ3v) is 4.14. The van der Waals surface area contributed by atoms with Crippen LogP contribution in [0.25, 0.3) is 0 Å². The van der Waals surface area contributed by atoms with Crippen LogP contribution in [0.2, 0.25) is 5.02 Å². The standard InChI is InChI=1S/C15H19ClF2N2O/c1-2-19-9-10-3-5-20(6-4-10)15(21)11-7-13(17)14(18)8-12(11)16/h7-8,10,19H,2-6,9H2,1H3. The van der Waals surface area contributed by atoms with Gasteiger partial charge in [-0.25, -0.2) is 8.78 Å². The molecule has 1 fully saturated rings. The van der Waals surface area contributed by atoms with Gasteiger partial charge in [0, 0.05) is 13.1 Å². The average molecular weight is 317 g/mol. The SMILES string of the molecule is CCNCC1CCN(C(=O)c2cc(F)c(F)cc2Cl)CC1. The normalized spacial score (nSPS) is 16.3. The molecule has 1 aliphatic heterocycles. The van der Waals surface area contributed by atoms with Crippen LogP contribution in [0, 0.1) is 17.6 Å². The van der Waals surface area contributed by atoms with Crippen LogP contribution in [-0.4, -0.2) is 37.0 Å². The Balaban J connectivity index is 2.00. The molecular formula is C15H19ClF2N2O. The molecular weight excluding hydrogens is 298 g/mol. The van der Waals surface area contributed by atoms with Gasteiger partial charge in [0.15, 0.2) is 11.6 Å². The minimum atomic E-state index is -1.05. The zero-order chi connectivity index (χ0) is 15.4. The fourth-order valence-corrected chi connectivity index (χ4v) is 2.78. The second kappa shape index (κ2) is 7.18. The summed E-state index contributed by atoms with van der Waals surface area (Å²) in [5.41, 5.74) is 0.0284. The van der Waals surface area contributed by atoms with Gasteiger partial charge in [0.2, 0.25) is 0 Å². The van der Waals surface area contributed by atoms with Crippen LogP contribution in [0.5, 0.6) is 0 Å². The minimum Gasteiger partial charge on any atom is -0.339 e. The summed E-state index contributed by atoms with van der Waals surface area (Å²) in [5.74, 6) is -1.87. The largest absolute Gasteiger partial charge is 0.339 e. The summed E-state index contributed by atoms with van der Waals surface area (Å²) in [4.78, 5) is 14.0. The van der Waals surface area contributed by atoms with Gasteiger partial charge in [-0.3, -0.25) is 4.79 Å². The van der Waals surface area contributed by atoms with Gasteiger partial charge in [0.1, 0.15) is 0 Å². The van der Waals surface area contributed by atoms with Crippen molar-refractivity contribution >= 4 is 17.5 Å². The van der Waals surface area contributed by atoms with E-state index in [4.69, 9.17) is 11.6 Å². The number of carbonyl (C=O) groups excluding carboxylic acids is 1. The van der Waals surface area contributed by atoms with E-state index in [2.05, 4.69) is 12.2 Å². The molecule has 0 spiro atoms. The number of carbonyl (C=O) groups is 1. The molecule has 1 aromatic rings. The molecule has 0 saturated carbocycles. The fraction of sp³-hybridized carbons (Fsp3) is 0.533. The first kappa shape index (κ1) is 16.2. The first-order valence-corrected chi connectivity index (χ1v) is 7.55. The Bertz CT molecular complexity index is 517. The van der Waals surface area contributed by atoms with E-state index < -0.39 is 11.6 Å². The lowest BCUT2D eigenvalue weighted by molar-refractivity contribution is 0.0690. The van der Waals surface area contributed by atoms with E-state index in [0.717, 1.165) is 38.1 Å². The molecule has 0 atom stereocenters. The Morgan fingerprint density at radius 1 is 1.33 bits per heavy atom. The highest BCUT2D eigenvalue weighted by atomic mass is 35.5. The van der Waals surface area contributed by atoms with Crippen LogP contribution in [0.4, 0.5) is 8.78 Å². The second-order valence-electron chi connectivity index (χ2n) is 5.29. The maximum Gasteiger partial charge on any atom is 0.255 e. The van der Waals surface area contributed by atoms with Crippen molar-refractivity contribution < 1.29 is 13.6 Å². The number of rotatable bonds is 4. The van der Waals surface area contributed by atoms with Crippen molar-refractivity contribution in [3.63, 3.8) is 0 Å². The highest BCUT2D eigenvalue weighted by Crippen LogP contribution is 2.24. The number of piperidine rings is 1. The summed E-state index contributed by atoms with van der Waals surface area (Å²) >= 11 is 5.85. The molecule has 0 aliphatic carbocycles. The van der Waals surface area contributed by atoms with Gasteiger partial charge in [0.25, 0.3) is 5.91 Å². The quantitative estimate of drug-likeness (QED) is 0.866. The molecule has 2 rings (SSSR count). The van der Waals surface area contributed by atoms with Gasteiger partial charge >= 0.3 is 0 Å². The monoisotopic (exact) mass is 316 g/mol. The van der Waals surface area contributed by atoms with Crippen LogP contribution in [0.1, 0.15) is 30.1 Å². The Morgan fingerprint density at radius 3 is 2.57 bits per heavy atom. The topological polar surface area (TPSA) is 32.3 Å². The maximum atomic E-state index is 13.3. The molecule has 1 amide bonds. The van der Waals surface area contributed by atoms with Gasteiger partial charge in [-0.2, -0.15) is 0 Å². The lowest BCUT2D eigenvalue weighted by Crippen LogP contribution is -2.40. The Morgan fingerprint density at radius 2 is 1.95 bits per heavy atom. The highest BCUT2D eigenvalue weighted by molar-refractivity contribution is 6.33. The Kier molecular flexibility index (Phi) is 5.53. The zero-order valence-electron chi connectivity index (χ0n) is 12.0. The summed E-state index contributed by atoms with van der Waals surface area (Å²) in [5, 5.41) is 3.25. The summed E-state index contributed by atoms with van der Waals surface area (Å²) in [6.45, 7) is 5.17. The van der Waals surface area contributed by atoms with Gasteiger partial charge in [-0.15, -0.1) is 0 Å². The molecule has 1 aliphatic rings. The summed E-state index contributed by atoms with van der Waals surface area (Å²) in [6.07, 6.45) is 1.81. The van der Waals surface area contributed by atoms with Crippen molar-refractivity contribution in [2.75, 3.05) is 26.2 Å². The predicted octanol–water partition coefficient (Wildman–Crippen LogP) is 3.08. The van der Waals surface area contributed by atoms with Crippen molar-refractivity contribution in [1.82, 2.24) is 10.2 Å². The van der Waals surface area contributed by atoms with E-state index in [0.29, 0.717) is 19.0 Å². The number of benzene rings is 1. The van der Waals surface area contributed by atoms with Crippen molar-refractivity contribution in [2.45, 2.75) is 19.8 Å². The molecule has 1 heterocycles. The van der Waals surface area contributed by atoms with Crippen LogP contribution in [0.3, 0.4) is 0 Å². The average Bonchev–Trinajstić information content (AvgIpc) is 2.48. The van der Waals surface area contributed by atoms with E-state index in [9.17, 15) is 13.6 Å². The molecule has 1 aromatic carbocycles. The van der Waals surface area contributed by atoms with Crippen molar-refractivity contribution in [1.29, 1.82) is 0 Å². The minimum absolute atomic E-state index is 0.0284. The van der Waals surface area contributed by atoms with Crippen molar-refractivity contribution in [3.8, 4) is 0 Å². The third kappa shape index (κ3) is 3.92. The molecule has 0 bridgehead atoms. The summed E-state index contributed by atoms with van der Waals surface area (Å²) < 4.78 is 26.3. The number of likely N-dealkylation sites (tertiary alicyclic amines) is 1. The van der Waals surface area contributed by atoms with Crippen molar-refractivity contribution in [3.05, 3.63) is 34.4 Å². The Hall–Kier alpha value is -1.20. The van der Waals surface area contributed by atoms with E-state index in [1.165, 1.54) is 0 Å². The molecule has 21 heavy (non-hydrogen) atoms. The second-order valence-corrected chi connectivity index (χ2v) is 5.70. The number of hydrogen-bond donors (Lipinski definition) is 1. The van der Waals surface area contributed by atoms with Gasteiger partial charge in [-0.05, 0) is 44.0 Å². The van der Waals surface area contributed by atoms with Crippen LogP contribution in [0.15, 0.2) is 12.1 Å². The highest BCUT2D eigenvalue weighted by Gasteiger charge is 2.25. The zero-order valence-corrected chi connectivity index (χ0v) is 12.7. The predicted molar refractivity (Wildman–Crippen MR) is 78.5 cm³/mol. The first-order valence-electron chi connectivity index (χ1n) is 7.17. The number of nitrogens with one attached hydrogen (secondary N) is 1. The number of hydrogen-bond acceptors (Lipinski definition) is 2. The van der Waals surface area contributed by atoms with Crippen molar-refractivity contribution in [2.24, 2.45) is 5.92 Å². The van der Waals surface area contributed by atoms with Crippen LogP contribution in [-0.2, 0) is 0 Å². The first-order chi connectivity index (χ1) is 10.0. The van der Waals surface area contributed by atoms with Gasteiger partial charge in [0.05, 0.1) is 10.6 Å². The molecule has 0 aromatic heterocycles. The van der Waals surface area contributed by atoms with E-state index in [-0.39, 0.29) is 16.5 Å². The number of amides is 1. The third-order valence-electron chi connectivity index (χ3n) is 3.83. The molecule has 3 nitrogen and oxygen atoms in total. The fourth-order valence-electron chi connectivity index (χ4n) is 2.55. The van der Waals surface area contributed by atoms with E-state index in [1.807, 2.05) is 0 Å². The molecule has 0 unspecified atom stereocenters. The summed E-state index contributed by atoms with van der Waals surface area (Å²) in [7, 11) is 0. The molecule has 1 saturated heterocycles. The maximum absolute atomic E-state index is 13.3. The molecule has 0 radical (unpaired) electrons. The lowest BCUT2D eigenvalue weighted by Gasteiger charge is -2.32. The van der Waals surface area contributed by atoms with E-state index in [1.54, 1.807) is 4.90 Å². The number of nitrogens with zero attached hydrogens (tertiary/aromatic N) is 1. The lowest BCUT2D eigenvalue weighted by atomic mass is 9.96. The molecule has 1 N–H and O–H groups in total. The van der Waals surface area contributed by atoms with E-state index >= 15 is 0 Å². The molecule has 116 valence electrons. The Labute approximate surface area is 128 Å². The smallest absolute Gasteiger partial charge is 0.255 e. The van der Waals surface area contributed by atoms with Crippen LogP contribution >= 0.6 is 11.6 Å². The van der Waals surface area contributed by atoms with Gasteiger partial charge in [-0.1, -0.05) is 18.5 Å².